The molecule has 0 radical (unpaired) electrons. The van der Waals surface area contributed by atoms with E-state index in [1.807, 2.05) is 0 Å². The molecule has 1 unspecified atom stereocenters. The number of halogens is 1. The van der Waals surface area contributed by atoms with Gasteiger partial charge >= 0.3 is 6.09 Å². The Hall–Kier alpha value is -0.550. The molecular weight excluding hydrogens is 214 g/mol. The van der Waals surface area contributed by atoms with Gasteiger partial charge in [-0.3, -0.25) is 0 Å². The molecule has 0 aromatic rings. The van der Waals surface area contributed by atoms with Crippen molar-refractivity contribution in [3.8, 4) is 0 Å². The minimum Gasteiger partial charge on any atom is -0.465 e. The van der Waals surface area contributed by atoms with Crippen LogP contribution in [0, 0.1) is 0 Å². The number of hydrogen-bond donors (Lipinski definition) is 2. The topological polar surface area (TPSA) is 60.8 Å². The zero-order valence-corrected chi connectivity index (χ0v) is 7.28. The van der Waals surface area contributed by atoms with Crippen LogP contribution in [0.4, 0.5) is 4.79 Å². The summed E-state index contributed by atoms with van der Waals surface area (Å²) in [6.45, 7) is 0.486. The molecular formula is C6H8BrNO3. The van der Waals surface area contributed by atoms with Crippen LogP contribution in [0.3, 0.4) is 0 Å². The molecule has 2 N–H and O–H groups in total. The van der Waals surface area contributed by atoms with Gasteiger partial charge in [-0.15, -0.1) is 0 Å². The zero-order valence-electron chi connectivity index (χ0n) is 5.70. The lowest BCUT2D eigenvalue weighted by molar-refractivity contribution is 0.113. The third-order valence-corrected chi connectivity index (χ3v) is 2.34. The van der Waals surface area contributed by atoms with Crippen molar-refractivity contribution < 1.29 is 15.0 Å². The first kappa shape index (κ1) is 8.55. The van der Waals surface area contributed by atoms with Gasteiger partial charge in [-0.1, -0.05) is 22.0 Å². The summed E-state index contributed by atoms with van der Waals surface area (Å²) in [5.74, 6) is 0. The SMILES string of the molecule is O=C(O)N1CC=C(Br)C(O)C1. The highest BCUT2D eigenvalue weighted by Crippen LogP contribution is 2.16. The highest BCUT2D eigenvalue weighted by molar-refractivity contribution is 9.11. The molecule has 5 heteroatoms. The molecule has 0 aromatic carbocycles. The molecule has 0 fully saturated rings. The number of nitrogens with zero attached hydrogens (tertiary/aromatic N) is 1. The number of aliphatic hydroxyl groups is 1. The summed E-state index contributed by atoms with van der Waals surface area (Å²) in [5.41, 5.74) is 0. The number of carboxylic acid groups (broad SMARTS) is 1. The Morgan fingerprint density at radius 2 is 2.45 bits per heavy atom. The average Bonchev–Trinajstić information content (AvgIpc) is 1.94. The van der Waals surface area contributed by atoms with Crippen molar-refractivity contribution in [2.45, 2.75) is 6.10 Å². The molecule has 0 aliphatic carbocycles. The largest absolute Gasteiger partial charge is 0.465 e. The summed E-state index contributed by atoms with van der Waals surface area (Å²) in [6.07, 6.45) is -0.0670. The molecule has 0 bridgehead atoms. The predicted molar refractivity (Wildman–Crippen MR) is 42.6 cm³/mol. The van der Waals surface area contributed by atoms with Crippen molar-refractivity contribution in [2.24, 2.45) is 0 Å². The van der Waals surface area contributed by atoms with E-state index in [2.05, 4.69) is 15.9 Å². The lowest BCUT2D eigenvalue weighted by Gasteiger charge is -2.25. The molecule has 4 nitrogen and oxygen atoms in total. The zero-order chi connectivity index (χ0) is 8.43. The van der Waals surface area contributed by atoms with Crippen LogP contribution in [0.25, 0.3) is 0 Å². The molecule has 0 spiro atoms. The summed E-state index contributed by atoms with van der Waals surface area (Å²) in [4.78, 5) is 11.5. The van der Waals surface area contributed by atoms with Crippen LogP contribution in [-0.4, -0.2) is 40.4 Å². The third-order valence-electron chi connectivity index (χ3n) is 1.49. The predicted octanol–water partition coefficient (Wildman–Crippen LogP) is 0.620. The fourth-order valence-corrected chi connectivity index (χ4v) is 1.15. The van der Waals surface area contributed by atoms with Gasteiger partial charge in [-0.05, 0) is 0 Å². The number of aliphatic hydroxyl groups excluding tert-OH is 1. The fourth-order valence-electron chi connectivity index (χ4n) is 0.860. The maximum absolute atomic E-state index is 10.4. The van der Waals surface area contributed by atoms with Crippen LogP contribution in [-0.2, 0) is 0 Å². The summed E-state index contributed by atoms with van der Waals surface area (Å²) >= 11 is 3.12. The molecule has 0 aromatic heterocycles. The minimum atomic E-state index is -1.000. The molecule has 1 heterocycles. The summed E-state index contributed by atoms with van der Waals surface area (Å²) in [5, 5.41) is 17.7. The second kappa shape index (κ2) is 3.23. The van der Waals surface area contributed by atoms with Gasteiger partial charge in [0.25, 0.3) is 0 Å². The van der Waals surface area contributed by atoms with Crippen molar-refractivity contribution in [2.75, 3.05) is 13.1 Å². The Morgan fingerprint density at radius 3 is 2.91 bits per heavy atom. The average molecular weight is 222 g/mol. The number of β-amino-alcohol motifs (C(OH)–C–C–N with tert-alkyl or cyclic N) is 1. The number of amides is 1. The van der Waals surface area contributed by atoms with E-state index in [0.717, 1.165) is 4.90 Å². The second-order valence-electron chi connectivity index (χ2n) is 2.29. The van der Waals surface area contributed by atoms with E-state index in [1.165, 1.54) is 0 Å². The van der Waals surface area contributed by atoms with E-state index >= 15 is 0 Å². The molecule has 1 aliphatic heterocycles. The van der Waals surface area contributed by atoms with Gasteiger partial charge in [-0.2, -0.15) is 0 Å². The van der Waals surface area contributed by atoms with E-state index in [1.54, 1.807) is 6.08 Å². The van der Waals surface area contributed by atoms with Gasteiger partial charge in [0, 0.05) is 11.0 Å². The van der Waals surface area contributed by atoms with Gasteiger partial charge in [0.2, 0.25) is 0 Å². The van der Waals surface area contributed by atoms with Crippen LogP contribution >= 0.6 is 15.9 Å². The van der Waals surface area contributed by atoms with Gasteiger partial charge < -0.3 is 15.1 Å². The maximum Gasteiger partial charge on any atom is 0.407 e. The van der Waals surface area contributed by atoms with Crippen LogP contribution in [0.2, 0.25) is 0 Å². The third kappa shape index (κ3) is 1.94. The van der Waals surface area contributed by atoms with E-state index < -0.39 is 12.2 Å². The molecule has 11 heavy (non-hydrogen) atoms. The van der Waals surface area contributed by atoms with E-state index in [-0.39, 0.29) is 6.54 Å². The molecule has 0 saturated carbocycles. The Bertz CT molecular complexity index is 204. The molecule has 1 atom stereocenters. The first-order chi connectivity index (χ1) is 5.11. The molecule has 1 aliphatic rings. The Kier molecular flexibility index (Phi) is 2.51. The van der Waals surface area contributed by atoms with Gasteiger partial charge in [0.05, 0.1) is 6.54 Å². The quantitative estimate of drug-likeness (QED) is 0.631. The van der Waals surface area contributed by atoms with Crippen LogP contribution in [0.1, 0.15) is 0 Å². The van der Waals surface area contributed by atoms with E-state index in [0.29, 0.717) is 11.0 Å². The van der Waals surface area contributed by atoms with Crippen LogP contribution in [0.15, 0.2) is 10.6 Å². The van der Waals surface area contributed by atoms with Crippen molar-refractivity contribution in [3.05, 3.63) is 10.6 Å². The summed E-state index contributed by atoms with van der Waals surface area (Å²) < 4.78 is 0.662. The van der Waals surface area contributed by atoms with Gasteiger partial charge in [-0.25, -0.2) is 4.79 Å². The monoisotopic (exact) mass is 221 g/mol. The summed E-state index contributed by atoms with van der Waals surface area (Å²) in [7, 11) is 0. The van der Waals surface area contributed by atoms with E-state index in [9.17, 15) is 9.90 Å². The first-order valence-corrected chi connectivity index (χ1v) is 3.92. The molecule has 0 saturated heterocycles. The van der Waals surface area contributed by atoms with E-state index in [4.69, 9.17) is 5.11 Å². The maximum atomic E-state index is 10.4. The number of rotatable bonds is 0. The highest BCUT2D eigenvalue weighted by Gasteiger charge is 2.21. The molecule has 62 valence electrons. The van der Waals surface area contributed by atoms with Crippen molar-refractivity contribution >= 4 is 22.0 Å². The van der Waals surface area contributed by atoms with Crippen LogP contribution in [0.5, 0.6) is 0 Å². The standard InChI is InChI=1S/C6H8BrNO3/c7-4-1-2-8(6(10)11)3-5(4)9/h1,5,9H,2-3H2,(H,10,11). The fraction of sp³-hybridized carbons (Fsp3) is 0.500. The van der Waals surface area contributed by atoms with Gasteiger partial charge in [0.15, 0.2) is 0 Å². The lowest BCUT2D eigenvalue weighted by Crippen LogP contribution is -2.39. The van der Waals surface area contributed by atoms with Crippen molar-refractivity contribution in [1.82, 2.24) is 4.90 Å². The molecule has 1 amide bonds. The Morgan fingerprint density at radius 1 is 1.82 bits per heavy atom. The lowest BCUT2D eigenvalue weighted by atomic mass is 10.2. The summed E-state index contributed by atoms with van der Waals surface area (Å²) in [6, 6.07) is 0. The van der Waals surface area contributed by atoms with Crippen molar-refractivity contribution in [1.29, 1.82) is 0 Å². The molecule has 1 rings (SSSR count). The normalized spacial score (nSPS) is 24.7. The van der Waals surface area contributed by atoms with Crippen LogP contribution < -0.4 is 0 Å². The minimum absolute atomic E-state index is 0.145. The number of hydrogen-bond acceptors (Lipinski definition) is 2. The highest BCUT2D eigenvalue weighted by atomic mass is 79.9. The van der Waals surface area contributed by atoms with Crippen molar-refractivity contribution in [3.63, 3.8) is 0 Å². The first-order valence-electron chi connectivity index (χ1n) is 3.12. The second-order valence-corrected chi connectivity index (χ2v) is 3.21. The Labute approximate surface area is 72.2 Å². The number of carbonyl (C=O) groups is 1. The smallest absolute Gasteiger partial charge is 0.407 e. The van der Waals surface area contributed by atoms with Gasteiger partial charge in [0.1, 0.15) is 6.10 Å². The Balaban J connectivity index is 2.62.